The fourth-order valence-electron chi connectivity index (χ4n) is 7.79. The van der Waals surface area contributed by atoms with Gasteiger partial charge in [-0.15, -0.1) is 5.06 Å². The van der Waals surface area contributed by atoms with Gasteiger partial charge in [0, 0.05) is 41.2 Å². The SMILES string of the molecule is N#CC1(Cc2ccc(F)cc2)CCN(C(=O)COc2ccc(Br)cc2CC(=O)ON(C(N)=O)c2cc(Cl)ccc2OCC(=O)N2CCC(CN)(Cc3ccc(F)cc3)CC2)CC1. The van der Waals surface area contributed by atoms with Crippen molar-refractivity contribution in [1.29, 1.82) is 5.26 Å². The van der Waals surface area contributed by atoms with Crippen LogP contribution in [0, 0.1) is 33.8 Å². The number of benzene rings is 4. The van der Waals surface area contributed by atoms with E-state index in [0.717, 1.165) is 11.1 Å². The number of anilines is 1. The van der Waals surface area contributed by atoms with E-state index in [0.29, 0.717) is 86.3 Å². The van der Waals surface area contributed by atoms with Crippen LogP contribution in [0.1, 0.15) is 42.4 Å². The van der Waals surface area contributed by atoms with E-state index in [2.05, 4.69) is 22.0 Å². The Morgan fingerprint density at radius 1 is 0.774 bits per heavy atom. The zero-order chi connectivity index (χ0) is 44.4. The number of carbonyl (C=O) groups is 4. The summed E-state index contributed by atoms with van der Waals surface area (Å²) in [5.41, 5.74) is 13.0. The summed E-state index contributed by atoms with van der Waals surface area (Å²) in [5, 5.41) is 10.7. The van der Waals surface area contributed by atoms with Crippen molar-refractivity contribution in [2.75, 3.05) is 51.0 Å². The Balaban J connectivity index is 1.04. The topological polar surface area (TPSA) is 182 Å². The third kappa shape index (κ3) is 11.8. The predicted molar refractivity (Wildman–Crippen MR) is 230 cm³/mol. The first-order chi connectivity index (χ1) is 29.7. The number of halogens is 4. The maximum Gasteiger partial charge on any atom is 0.353 e. The number of nitrogens with zero attached hydrogens (tertiary/aromatic N) is 4. The Morgan fingerprint density at radius 2 is 1.31 bits per heavy atom. The van der Waals surface area contributed by atoms with Gasteiger partial charge < -0.3 is 35.6 Å². The molecule has 62 heavy (non-hydrogen) atoms. The molecular weight excluding hydrogens is 890 g/mol. The number of rotatable bonds is 14. The van der Waals surface area contributed by atoms with Crippen LogP contribution in [-0.4, -0.2) is 79.6 Å². The fraction of sp³-hybridized carbons (Fsp3) is 0.356. The smallest absolute Gasteiger partial charge is 0.353 e. The molecule has 0 aliphatic carbocycles. The number of carbonyl (C=O) groups excluding carboxylic acids is 4. The lowest BCUT2D eigenvalue weighted by Crippen LogP contribution is -2.48. The molecule has 2 saturated heterocycles. The second-order valence-corrected chi connectivity index (χ2v) is 17.0. The third-order valence-corrected chi connectivity index (χ3v) is 12.2. The van der Waals surface area contributed by atoms with Crippen molar-refractivity contribution in [3.8, 4) is 17.6 Å². The minimum absolute atomic E-state index is 0.0101. The van der Waals surface area contributed by atoms with Gasteiger partial charge >= 0.3 is 12.0 Å². The number of likely N-dealkylation sites (tertiary alicyclic amines) is 2. The van der Waals surface area contributed by atoms with Gasteiger partial charge in [-0.05, 0) is 122 Å². The van der Waals surface area contributed by atoms with Crippen molar-refractivity contribution >= 4 is 57.0 Å². The standard InChI is InChI=1S/C45H46BrClF2N6O7/c46-33-5-11-38(60-26-40(56)53-17-13-44(28-50,14-18-53)24-30-1-7-35(48)8-2-30)32(21-33)22-42(58)62-55(43(52)59)37-23-34(47)6-12-39(37)61-27-41(57)54-19-15-45(29-51,16-20-54)25-31-3-9-36(49)10-4-31/h1-12,21,23H,13-20,22,24-27,29,51H2,(H2,52,59). The quantitative estimate of drug-likeness (QED) is 0.127. The molecule has 0 aromatic heterocycles. The summed E-state index contributed by atoms with van der Waals surface area (Å²) < 4.78 is 39.2. The minimum atomic E-state index is -1.18. The summed E-state index contributed by atoms with van der Waals surface area (Å²) in [6.45, 7) is 1.16. The molecule has 0 bridgehead atoms. The van der Waals surface area contributed by atoms with Crippen LogP contribution in [0.2, 0.25) is 5.02 Å². The summed E-state index contributed by atoms with van der Waals surface area (Å²) in [6.07, 6.45) is 2.81. The molecule has 2 aliphatic heterocycles. The van der Waals surface area contributed by atoms with E-state index in [1.807, 2.05) is 0 Å². The lowest BCUT2D eigenvalue weighted by atomic mass is 9.74. The van der Waals surface area contributed by atoms with Crippen molar-refractivity contribution in [2.45, 2.75) is 44.9 Å². The molecule has 0 atom stereocenters. The van der Waals surface area contributed by atoms with Crippen molar-refractivity contribution < 1.29 is 42.3 Å². The van der Waals surface area contributed by atoms with E-state index < -0.39 is 30.4 Å². The second-order valence-electron chi connectivity index (χ2n) is 15.7. The van der Waals surface area contributed by atoms with Gasteiger partial charge in [0.05, 0.1) is 17.9 Å². The first-order valence-corrected chi connectivity index (χ1v) is 21.2. The molecule has 326 valence electrons. The van der Waals surface area contributed by atoms with E-state index >= 15 is 0 Å². The number of hydroxylamine groups is 1. The maximum atomic E-state index is 13.5. The molecule has 13 nitrogen and oxygen atoms in total. The van der Waals surface area contributed by atoms with Gasteiger partial charge in [-0.1, -0.05) is 51.8 Å². The second kappa shape index (κ2) is 20.4. The molecule has 4 aromatic carbocycles. The normalized spacial score (nSPS) is 15.5. The van der Waals surface area contributed by atoms with Gasteiger partial charge in [-0.3, -0.25) is 9.59 Å². The first-order valence-electron chi connectivity index (χ1n) is 20.0. The van der Waals surface area contributed by atoms with Crippen molar-refractivity contribution in [1.82, 2.24) is 9.80 Å². The van der Waals surface area contributed by atoms with Crippen molar-refractivity contribution in [3.63, 3.8) is 0 Å². The number of nitriles is 1. The number of primary amides is 1. The summed E-state index contributed by atoms with van der Waals surface area (Å²) in [4.78, 5) is 61.5. The van der Waals surface area contributed by atoms with Gasteiger partial charge in [-0.25, -0.2) is 18.4 Å². The van der Waals surface area contributed by atoms with Gasteiger partial charge in [0.15, 0.2) is 13.2 Å². The van der Waals surface area contributed by atoms with Crippen LogP contribution in [0.3, 0.4) is 0 Å². The van der Waals surface area contributed by atoms with E-state index in [1.54, 1.807) is 52.3 Å². The van der Waals surface area contributed by atoms with E-state index in [9.17, 15) is 33.2 Å². The molecule has 0 spiro atoms. The average Bonchev–Trinajstić information content (AvgIpc) is 3.26. The fourth-order valence-corrected chi connectivity index (χ4v) is 8.36. The Hall–Kier alpha value is -5.76. The molecule has 4 amide bonds. The van der Waals surface area contributed by atoms with Crippen LogP contribution < -0.4 is 26.0 Å². The van der Waals surface area contributed by atoms with Gasteiger partial charge in [0.25, 0.3) is 11.8 Å². The molecule has 4 N–H and O–H groups in total. The Bertz CT molecular complexity index is 2300. The number of hydrogen-bond acceptors (Lipinski definition) is 9. The molecule has 2 heterocycles. The number of hydrogen-bond donors (Lipinski definition) is 2. The molecule has 4 aromatic rings. The van der Waals surface area contributed by atoms with Crippen molar-refractivity contribution in [3.05, 3.63) is 123 Å². The highest BCUT2D eigenvalue weighted by Gasteiger charge is 2.37. The molecule has 0 radical (unpaired) electrons. The highest BCUT2D eigenvalue weighted by atomic mass is 79.9. The number of ether oxygens (including phenoxy) is 2. The summed E-state index contributed by atoms with van der Waals surface area (Å²) in [5.74, 6) is -2.02. The summed E-state index contributed by atoms with van der Waals surface area (Å²) >= 11 is 9.67. The van der Waals surface area contributed by atoms with Crippen molar-refractivity contribution in [2.24, 2.45) is 22.3 Å². The Kier molecular flexibility index (Phi) is 15.1. The highest BCUT2D eigenvalue weighted by Crippen LogP contribution is 2.37. The number of urea groups is 1. The average molecular weight is 936 g/mol. The van der Waals surface area contributed by atoms with Crippen LogP contribution in [0.25, 0.3) is 0 Å². The third-order valence-electron chi connectivity index (χ3n) is 11.5. The first kappa shape index (κ1) is 45.8. The summed E-state index contributed by atoms with van der Waals surface area (Å²) in [7, 11) is 0. The Morgan fingerprint density at radius 3 is 1.85 bits per heavy atom. The predicted octanol–water partition coefficient (Wildman–Crippen LogP) is 6.91. The minimum Gasteiger partial charge on any atom is -0.483 e. The highest BCUT2D eigenvalue weighted by molar-refractivity contribution is 9.10. The van der Waals surface area contributed by atoms with E-state index in [4.69, 9.17) is 37.4 Å². The summed E-state index contributed by atoms with van der Waals surface area (Å²) in [6, 6.07) is 22.6. The van der Waals surface area contributed by atoms with Crippen LogP contribution in [0.4, 0.5) is 19.3 Å². The molecule has 0 saturated carbocycles. The number of nitrogens with two attached hydrogens (primary N) is 2. The number of piperidine rings is 2. The molecular formula is C45H46BrClF2N6O7. The van der Waals surface area contributed by atoms with Crippen LogP contribution >= 0.6 is 27.5 Å². The molecule has 2 aliphatic rings. The van der Waals surface area contributed by atoms with Crippen LogP contribution in [0.15, 0.2) is 89.4 Å². The molecule has 2 fully saturated rings. The lowest BCUT2D eigenvalue weighted by Gasteiger charge is -2.41. The van der Waals surface area contributed by atoms with Crippen LogP contribution in [-0.2, 0) is 38.5 Å². The monoisotopic (exact) mass is 934 g/mol. The molecule has 0 unspecified atom stereocenters. The molecule has 17 heteroatoms. The Labute approximate surface area is 371 Å². The lowest BCUT2D eigenvalue weighted by molar-refractivity contribution is -0.143. The largest absolute Gasteiger partial charge is 0.483 e. The molecule has 6 rings (SSSR count). The number of amides is 4. The van der Waals surface area contributed by atoms with Crippen LogP contribution in [0.5, 0.6) is 11.5 Å². The van der Waals surface area contributed by atoms with Gasteiger partial charge in [0.1, 0.15) is 28.8 Å². The van der Waals surface area contributed by atoms with E-state index in [1.165, 1.54) is 42.5 Å². The zero-order valence-corrected chi connectivity index (χ0v) is 36.1. The van der Waals surface area contributed by atoms with Gasteiger partial charge in [-0.2, -0.15) is 5.26 Å². The zero-order valence-electron chi connectivity index (χ0n) is 33.8. The van der Waals surface area contributed by atoms with Gasteiger partial charge in [0.2, 0.25) is 0 Å². The van der Waals surface area contributed by atoms with E-state index in [-0.39, 0.29) is 57.7 Å². The maximum absolute atomic E-state index is 13.5.